The van der Waals surface area contributed by atoms with Crippen molar-refractivity contribution in [2.75, 3.05) is 0 Å². The van der Waals surface area contributed by atoms with Crippen molar-refractivity contribution in [3.05, 3.63) is 45.8 Å². The van der Waals surface area contributed by atoms with Gasteiger partial charge in [-0.15, -0.1) is 5.47 Å². The van der Waals surface area contributed by atoms with E-state index in [1.54, 1.807) is 0 Å². The van der Waals surface area contributed by atoms with Gasteiger partial charge in [0.25, 0.3) is 0 Å². The van der Waals surface area contributed by atoms with Gasteiger partial charge in [0.2, 0.25) is 0 Å². The number of benzene rings is 1. The van der Waals surface area contributed by atoms with Crippen molar-refractivity contribution in [1.29, 1.82) is 0 Å². The van der Waals surface area contributed by atoms with Gasteiger partial charge in [-0.3, -0.25) is 0 Å². The maximum atomic E-state index is 6.00. The maximum absolute atomic E-state index is 6.00. The summed E-state index contributed by atoms with van der Waals surface area (Å²) in [6, 6.07) is 4.24. The lowest BCUT2D eigenvalue weighted by molar-refractivity contribution is 0.567. The molecule has 0 atom stereocenters. The minimum atomic E-state index is 0.524. The largest absolute Gasteiger partial charge is 0.461 e. The second-order valence-corrected chi connectivity index (χ2v) is 7.25. The summed E-state index contributed by atoms with van der Waals surface area (Å²) < 4.78 is 12.0. The molecule has 0 radical (unpaired) electrons. The molecule has 2 nitrogen and oxygen atoms in total. The molecule has 0 aliphatic heterocycles. The van der Waals surface area contributed by atoms with Crippen LogP contribution in [0.2, 0.25) is 0 Å². The summed E-state index contributed by atoms with van der Waals surface area (Å²) in [6.07, 6.45) is 4.44. The average molecular weight is 320 g/mol. The number of aryl methyl sites for hydroxylation is 2. The first-order valence-electron chi connectivity index (χ1n) is 8.57. The number of rotatable bonds is 3. The molecular weight excluding hydrogens is 295 g/mol. The highest BCUT2D eigenvalue weighted by atomic mass is 16.3. The van der Waals surface area contributed by atoms with E-state index in [0.29, 0.717) is 5.92 Å². The van der Waals surface area contributed by atoms with Crippen molar-refractivity contribution in [2.45, 2.75) is 41.5 Å². The fourth-order valence-corrected chi connectivity index (χ4v) is 3.01. The lowest BCUT2D eigenvalue weighted by atomic mass is 9.94. The Morgan fingerprint density at radius 3 is 1.88 bits per heavy atom. The molecule has 0 saturated carbocycles. The van der Waals surface area contributed by atoms with Gasteiger partial charge < -0.3 is 8.83 Å². The van der Waals surface area contributed by atoms with E-state index in [1.807, 2.05) is 19.9 Å². The molecule has 3 aromatic rings. The predicted molar refractivity (Wildman–Crippen MR) is 106 cm³/mol. The van der Waals surface area contributed by atoms with Gasteiger partial charge in [-0.2, -0.15) is 0 Å². The lowest BCUT2D eigenvalue weighted by Crippen LogP contribution is -1.88. The zero-order chi connectivity index (χ0) is 17.6. The van der Waals surface area contributed by atoms with E-state index in [-0.39, 0.29) is 0 Å². The van der Waals surface area contributed by atoms with Gasteiger partial charge in [-0.1, -0.05) is 38.5 Å². The zero-order valence-electron chi connectivity index (χ0n) is 15.7. The van der Waals surface area contributed by atoms with E-state index < -0.39 is 0 Å². The molecular formula is C21H25BO2. The minimum absolute atomic E-state index is 0.524. The van der Waals surface area contributed by atoms with Crippen molar-refractivity contribution in [1.82, 2.24) is 0 Å². The van der Waals surface area contributed by atoms with Gasteiger partial charge >= 0.3 is 0 Å². The normalized spacial score (nSPS) is 13.6. The first-order valence-corrected chi connectivity index (χ1v) is 8.57. The molecule has 0 N–H and O–H groups in total. The Hall–Kier alpha value is -2.16. The van der Waals surface area contributed by atoms with Gasteiger partial charge in [0, 0.05) is 28.0 Å². The summed E-state index contributed by atoms with van der Waals surface area (Å²) in [6.45, 7) is 12.8. The average Bonchev–Trinajstić information content (AvgIpc) is 2.94. The molecule has 0 bridgehead atoms. The summed E-state index contributed by atoms with van der Waals surface area (Å²) in [4.78, 5) is 0. The molecule has 0 amide bonds. The standard InChI is InChI=1S/C21H25BO2/c1-11(2)12(3)7-16-14(5)23-20-10-21-19(9-18(16)20)17(8-13(4)22)15(6)24-21/h7-11H,22H2,1-6H3/b12-7+,13-8+. The molecule has 3 rings (SSSR count). The van der Waals surface area contributed by atoms with E-state index >= 15 is 0 Å². The molecule has 0 fully saturated rings. The fourth-order valence-electron chi connectivity index (χ4n) is 3.01. The highest BCUT2D eigenvalue weighted by Crippen LogP contribution is 2.36. The van der Waals surface area contributed by atoms with Crippen LogP contribution in [0.3, 0.4) is 0 Å². The van der Waals surface area contributed by atoms with Crippen LogP contribution in [-0.2, 0) is 0 Å². The summed E-state index contributed by atoms with van der Waals surface area (Å²) >= 11 is 0. The van der Waals surface area contributed by atoms with Crippen LogP contribution in [0.5, 0.6) is 0 Å². The van der Waals surface area contributed by atoms with Crippen LogP contribution in [0.1, 0.15) is 50.3 Å². The number of hydrogen-bond acceptors (Lipinski definition) is 2. The van der Waals surface area contributed by atoms with Crippen LogP contribution in [0.4, 0.5) is 0 Å². The van der Waals surface area contributed by atoms with E-state index in [1.165, 1.54) is 22.2 Å². The van der Waals surface area contributed by atoms with Crippen molar-refractivity contribution < 1.29 is 8.83 Å². The molecule has 2 heterocycles. The molecule has 24 heavy (non-hydrogen) atoms. The third kappa shape index (κ3) is 2.84. The first kappa shape index (κ1) is 16.7. The number of furan rings is 2. The van der Waals surface area contributed by atoms with Crippen LogP contribution < -0.4 is 0 Å². The Morgan fingerprint density at radius 2 is 1.42 bits per heavy atom. The maximum Gasteiger partial charge on any atom is 0.138 e. The van der Waals surface area contributed by atoms with E-state index in [4.69, 9.17) is 8.83 Å². The van der Waals surface area contributed by atoms with Gasteiger partial charge in [0.15, 0.2) is 0 Å². The summed E-state index contributed by atoms with van der Waals surface area (Å²) in [5.41, 5.74) is 6.74. The van der Waals surface area contributed by atoms with Crippen molar-refractivity contribution in [3.63, 3.8) is 0 Å². The zero-order valence-corrected chi connectivity index (χ0v) is 15.7. The molecule has 0 saturated heterocycles. The second kappa shape index (κ2) is 6.05. The highest BCUT2D eigenvalue weighted by molar-refractivity contribution is 6.24. The summed E-state index contributed by atoms with van der Waals surface area (Å²) in [7, 11) is 2.11. The van der Waals surface area contributed by atoms with E-state index in [0.717, 1.165) is 33.5 Å². The Labute approximate surface area is 144 Å². The molecule has 0 unspecified atom stereocenters. The quantitative estimate of drug-likeness (QED) is 0.566. The van der Waals surface area contributed by atoms with Crippen LogP contribution in [0.25, 0.3) is 34.1 Å². The number of allylic oxidation sites excluding steroid dienone is 2. The Bertz CT molecular complexity index is 977. The summed E-state index contributed by atoms with van der Waals surface area (Å²) in [5, 5.41) is 2.31. The monoisotopic (exact) mass is 320 g/mol. The SMILES string of the molecule is B/C(C)=C/c1c(C)oc2cc3oc(C)c(/C=C(\C)C(C)C)c3cc12. The van der Waals surface area contributed by atoms with Crippen molar-refractivity contribution >= 4 is 41.9 Å². The smallest absolute Gasteiger partial charge is 0.138 e. The molecule has 0 aliphatic rings. The second-order valence-electron chi connectivity index (χ2n) is 7.25. The van der Waals surface area contributed by atoms with E-state index in [9.17, 15) is 0 Å². The van der Waals surface area contributed by atoms with Gasteiger partial charge in [-0.25, -0.2) is 0 Å². The Balaban J connectivity index is 2.32. The Kier molecular flexibility index (Phi) is 4.21. The number of fused-ring (bicyclic) bond motifs is 2. The predicted octanol–water partition coefficient (Wildman–Crippen LogP) is 5.85. The van der Waals surface area contributed by atoms with E-state index in [2.05, 4.69) is 53.8 Å². The lowest BCUT2D eigenvalue weighted by Gasteiger charge is -2.04. The molecule has 3 heteroatoms. The van der Waals surface area contributed by atoms with Gasteiger partial charge in [0.05, 0.1) is 0 Å². The molecule has 124 valence electrons. The minimum Gasteiger partial charge on any atom is -0.461 e. The highest BCUT2D eigenvalue weighted by Gasteiger charge is 2.16. The summed E-state index contributed by atoms with van der Waals surface area (Å²) in [5.74, 6) is 2.43. The molecule has 0 spiro atoms. The fraction of sp³-hybridized carbons (Fsp3) is 0.333. The van der Waals surface area contributed by atoms with Crippen molar-refractivity contribution in [2.24, 2.45) is 5.92 Å². The van der Waals surface area contributed by atoms with Crippen LogP contribution >= 0.6 is 0 Å². The number of hydrogen-bond donors (Lipinski definition) is 0. The van der Waals surface area contributed by atoms with Crippen LogP contribution in [-0.4, -0.2) is 7.85 Å². The molecule has 1 aromatic carbocycles. The topological polar surface area (TPSA) is 26.3 Å². The first-order chi connectivity index (χ1) is 11.3. The Morgan fingerprint density at radius 1 is 0.917 bits per heavy atom. The van der Waals surface area contributed by atoms with Gasteiger partial charge in [-0.05, 0) is 32.8 Å². The van der Waals surface area contributed by atoms with Crippen LogP contribution in [0, 0.1) is 19.8 Å². The molecule has 2 aromatic heterocycles. The molecule has 0 aliphatic carbocycles. The van der Waals surface area contributed by atoms with Gasteiger partial charge in [0.1, 0.15) is 30.5 Å². The third-order valence-electron chi connectivity index (χ3n) is 4.66. The third-order valence-corrected chi connectivity index (χ3v) is 4.66. The van der Waals surface area contributed by atoms with Crippen LogP contribution in [0.15, 0.2) is 32.0 Å². The van der Waals surface area contributed by atoms with Crippen molar-refractivity contribution in [3.8, 4) is 0 Å².